The van der Waals surface area contributed by atoms with Crippen LogP contribution >= 0.6 is 11.3 Å². The van der Waals surface area contributed by atoms with Crippen molar-refractivity contribution in [1.82, 2.24) is 20.1 Å². The van der Waals surface area contributed by atoms with Gasteiger partial charge in [-0.15, -0.1) is 21.5 Å². The first-order valence-electron chi connectivity index (χ1n) is 11.2. The molecule has 5 rings (SSSR count). The van der Waals surface area contributed by atoms with Gasteiger partial charge in [-0.05, 0) is 24.1 Å². The van der Waals surface area contributed by atoms with Crippen LogP contribution in [0.5, 0.6) is 0 Å². The second kappa shape index (κ2) is 10.1. The molecule has 1 aliphatic rings. The number of benzene rings is 2. The highest BCUT2D eigenvalue weighted by atomic mass is 32.1. The molecule has 0 atom stereocenters. The average Bonchev–Trinajstić information content (AvgIpc) is 3.47. The standard InChI is InChI=1S/C25H25N5O2S/c31-22(12-7-13-23-28-29-24(32-23)19-10-5-2-6-11-19)27-25-26-20-14-15-30(17-21(20)33-25)16-18-8-3-1-4-9-18/h1-6,8-11H,7,12-17H2,(H,26,27,31). The Kier molecular flexibility index (Phi) is 6.55. The van der Waals surface area contributed by atoms with Gasteiger partial charge in [-0.25, -0.2) is 4.98 Å². The third kappa shape index (κ3) is 5.53. The van der Waals surface area contributed by atoms with E-state index in [1.165, 1.54) is 10.4 Å². The minimum atomic E-state index is -0.0370. The fourth-order valence-corrected chi connectivity index (χ4v) is 4.98. The fraction of sp³-hybridized carbons (Fsp3) is 0.280. The van der Waals surface area contributed by atoms with Gasteiger partial charge in [0.2, 0.25) is 17.7 Å². The molecular formula is C25H25N5O2S. The minimum absolute atomic E-state index is 0.0370. The van der Waals surface area contributed by atoms with E-state index in [2.05, 4.69) is 49.7 Å². The molecule has 0 saturated heterocycles. The molecule has 0 aliphatic carbocycles. The Labute approximate surface area is 196 Å². The molecule has 8 heteroatoms. The predicted octanol–water partition coefficient (Wildman–Crippen LogP) is 4.71. The maximum atomic E-state index is 12.4. The summed E-state index contributed by atoms with van der Waals surface area (Å²) in [5.74, 6) is 1.01. The largest absolute Gasteiger partial charge is 0.421 e. The summed E-state index contributed by atoms with van der Waals surface area (Å²) in [4.78, 5) is 20.7. The van der Waals surface area contributed by atoms with Crippen molar-refractivity contribution in [3.05, 3.63) is 82.7 Å². The molecule has 0 radical (unpaired) electrons. The highest BCUT2D eigenvalue weighted by molar-refractivity contribution is 7.15. The summed E-state index contributed by atoms with van der Waals surface area (Å²) in [7, 11) is 0. The average molecular weight is 460 g/mol. The van der Waals surface area contributed by atoms with Crippen LogP contribution in [0.1, 0.15) is 34.9 Å². The Bertz CT molecular complexity index is 1210. The SMILES string of the molecule is O=C(CCCc1nnc(-c2ccccc2)o1)Nc1nc2c(s1)CN(Cc1ccccc1)CC2. The first-order chi connectivity index (χ1) is 16.2. The van der Waals surface area contributed by atoms with Crippen molar-refractivity contribution in [2.75, 3.05) is 11.9 Å². The molecule has 2 aromatic carbocycles. The number of aromatic nitrogens is 3. The first kappa shape index (κ1) is 21.5. The van der Waals surface area contributed by atoms with E-state index in [0.717, 1.165) is 37.3 Å². The molecule has 1 N–H and O–H groups in total. The highest BCUT2D eigenvalue weighted by Crippen LogP contribution is 2.29. The van der Waals surface area contributed by atoms with Gasteiger partial charge in [-0.2, -0.15) is 0 Å². The Morgan fingerprint density at radius 3 is 2.67 bits per heavy atom. The van der Waals surface area contributed by atoms with E-state index < -0.39 is 0 Å². The van der Waals surface area contributed by atoms with Gasteiger partial charge < -0.3 is 9.73 Å². The number of carbonyl (C=O) groups is 1. The molecule has 0 spiro atoms. The molecule has 0 bridgehead atoms. The van der Waals surface area contributed by atoms with Gasteiger partial charge in [-0.1, -0.05) is 48.5 Å². The summed E-state index contributed by atoms with van der Waals surface area (Å²) >= 11 is 1.58. The Morgan fingerprint density at radius 2 is 1.85 bits per heavy atom. The van der Waals surface area contributed by atoms with E-state index in [1.54, 1.807) is 11.3 Å². The van der Waals surface area contributed by atoms with Crippen molar-refractivity contribution in [2.24, 2.45) is 0 Å². The molecule has 0 saturated carbocycles. The van der Waals surface area contributed by atoms with Gasteiger partial charge in [0.05, 0.1) is 5.69 Å². The van der Waals surface area contributed by atoms with Crippen LogP contribution in [-0.4, -0.2) is 32.5 Å². The lowest BCUT2D eigenvalue weighted by Gasteiger charge is -2.25. The zero-order chi connectivity index (χ0) is 22.5. The number of anilines is 1. The number of rotatable bonds is 8. The first-order valence-corrected chi connectivity index (χ1v) is 12.0. The number of carbonyl (C=O) groups excluding carboxylic acids is 1. The van der Waals surface area contributed by atoms with E-state index in [1.807, 2.05) is 36.4 Å². The van der Waals surface area contributed by atoms with Gasteiger partial charge in [-0.3, -0.25) is 9.69 Å². The quantitative estimate of drug-likeness (QED) is 0.411. The van der Waals surface area contributed by atoms with E-state index >= 15 is 0 Å². The van der Waals surface area contributed by atoms with E-state index in [-0.39, 0.29) is 5.91 Å². The van der Waals surface area contributed by atoms with Gasteiger partial charge in [0.25, 0.3) is 0 Å². The molecule has 0 fully saturated rings. The summed E-state index contributed by atoms with van der Waals surface area (Å²) in [5, 5.41) is 11.8. The van der Waals surface area contributed by atoms with Crippen LogP contribution in [0, 0.1) is 0 Å². The molecule has 0 unspecified atom stereocenters. The lowest BCUT2D eigenvalue weighted by Crippen LogP contribution is -2.29. The van der Waals surface area contributed by atoms with Crippen molar-refractivity contribution in [1.29, 1.82) is 0 Å². The number of nitrogens with zero attached hydrogens (tertiary/aromatic N) is 4. The maximum Gasteiger partial charge on any atom is 0.247 e. The van der Waals surface area contributed by atoms with Crippen molar-refractivity contribution in [3.8, 4) is 11.5 Å². The summed E-state index contributed by atoms with van der Waals surface area (Å²) in [6, 6.07) is 20.2. The number of nitrogens with one attached hydrogen (secondary N) is 1. The molecule has 3 heterocycles. The normalized spacial score (nSPS) is 13.6. The molecule has 4 aromatic rings. The second-order valence-electron chi connectivity index (χ2n) is 8.10. The van der Waals surface area contributed by atoms with Crippen LogP contribution in [0.25, 0.3) is 11.5 Å². The van der Waals surface area contributed by atoms with Crippen LogP contribution in [0.4, 0.5) is 5.13 Å². The van der Waals surface area contributed by atoms with Crippen LogP contribution in [-0.2, 0) is 30.7 Å². The number of amides is 1. The van der Waals surface area contributed by atoms with Crippen LogP contribution < -0.4 is 5.32 Å². The Morgan fingerprint density at radius 1 is 1.06 bits per heavy atom. The van der Waals surface area contributed by atoms with Crippen molar-refractivity contribution in [3.63, 3.8) is 0 Å². The number of hydrogen-bond donors (Lipinski definition) is 1. The van der Waals surface area contributed by atoms with Gasteiger partial charge >= 0.3 is 0 Å². The van der Waals surface area contributed by atoms with E-state index in [9.17, 15) is 4.79 Å². The van der Waals surface area contributed by atoms with Crippen LogP contribution in [0.2, 0.25) is 0 Å². The van der Waals surface area contributed by atoms with Gasteiger partial charge in [0, 0.05) is 49.3 Å². The third-order valence-electron chi connectivity index (χ3n) is 5.59. The zero-order valence-corrected chi connectivity index (χ0v) is 19.1. The Balaban J connectivity index is 1.09. The van der Waals surface area contributed by atoms with Gasteiger partial charge in [0.1, 0.15) is 0 Å². The number of fused-ring (bicyclic) bond motifs is 1. The topological polar surface area (TPSA) is 84.1 Å². The molecule has 168 valence electrons. The lowest BCUT2D eigenvalue weighted by molar-refractivity contribution is -0.116. The van der Waals surface area contributed by atoms with Crippen molar-refractivity contribution < 1.29 is 9.21 Å². The summed E-state index contributed by atoms with van der Waals surface area (Å²) < 4.78 is 5.71. The third-order valence-corrected chi connectivity index (χ3v) is 6.59. The Hall–Kier alpha value is -3.36. The second-order valence-corrected chi connectivity index (χ2v) is 9.19. The fourth-order valence-electron chi connectivity index (χ4n) is 3.91. The monoisotopic (exact) mass is 459 g/mol. The number of thiazole rings is 1. The van der Waals surface area contributed by atoms with Gasteiger partial charge in [0.15, 0.2) is 5.13 Å². The smallest absolute Gasteiger partial charge is 0.247 e. The number of aryl methyl sites for hydroxylation is 1. The zero-order valence-electron chi connectivity index (χ0n) is 18.2. The molecule has 7 nitrogen and oxygen atoms in total. The molecule has 1 amide bonds. The molecule has 2 aromatic heterocycles. The molecular weight excluding hydrogens is 434 g/mol. The summed E-state index contributed by atoms with van der Waals surface area (Å²) in [6.07, 6.45) is 2.50. The minimum Gasteiger partial charge on any atom is -0.421 e. The van der Waals surface area contributed by atoms with Crippen molar-refractivity contribution in [2.45, 2.75) is 38.8 Å². The lowest BCUT2D eigenvalue weighted by atomic mass is 10.1. The summed E-state index contributed by atoms with van der Waals surface area (Å²) in [6.45, 7) is 2.79. The van der Waals surface area contributed by atoms with Crippen LogP contribution in [0.15, 0.2) is 65.1 Å². The number of hydrogen-bond acceptors (Lipinski definition) is 7. The highest BCUT2D eigenvalue weighted by Gasteiger charge is 2.21. The molecule has 1 aliphatic heterocycles. The maximum absolute atomic E-state index is 12.4. The van der Waals surface area contributed by atoms with E-state index in [0.29, 0.717) is 36.2 Å². The van der Waals surface area contributed by atoms with Crippen LogP contribution in [0.3, 0.4) is 0 Å². The molecule has 33 heavy (non-hydrogen) atoms. The summed E-state index contributed by atoms with van der Waals surface area (Å²) in [5.41, 5.74) is 3.32. The van der Waals surface area contributed by atoms with Crippen molar-refractivity contribution >= 4 is 22.4 Å². The van der Waals surface area contributed by atoms with E-state index in [4.69, 9.17) is 4.42 Å². The predicted molar refractivity (Wildman–Crippen MR) is 128 cm³/mol.